The standard InChI is InChI=1S/C18H23N5O3/c1-11-7-5-6-8-13(11)10-23-14-15(20-17(23)19-9-12(2)24)21(3)18(26)22(4)16(14)25/h5-8,12,24H,9-10H2,1-4H3,(H,19,20). The molecule has 2 N–H and O–H groups in total. The van der Waals surface area contributed by atoms with Gasteiger partial charge in [0.1, 0.15) is 0 Å². The normalized spacial score (nSPS) is 12.5. The van der Waals surface area contributed by atoms with Gasteiger partial charge in [0.05, 0.1) is 12.6 Å². The molecule has 0 spiro atoms. The molecule has 2 heterocycles. The molecular weight excluding hydrogens is 334 g/mol. The predicted molar refractivity (Wildman–Crippen MR) is 101 cm³/mol. The highest BCUT2D eigenvalue weighted by Crippen LogP contribution is 2.19. The molecule has 0 aliphatic rings. The lowest BCUT2D eigenvalue weighted by molar-refractivity contribution is 0.208. The Bertz CT molecular complexity index is 1070. The summed E-state index contributed by atoms with van der Waals surface area (Å²) in [6.45, 7) is 4.38. The Morgan fingerprint density at radius 3 is 2.54 bits per heavy atom. The van der Waals surface area contributed by atoms with Gasteiger partial charge in [-0.1, -0.05) is 24.3 Å². The van der Waals surface area contributed by atoms with Gasteiger partial charge < -0.3 is 10.4 Å². The molecule has 8 nitrogen and oxygen atoms in total. The van der Waals surface area contributed by atoms with Crippen LogP contribution in [0.4, 0.5) is 5.95 Å². The van der Waals surface area contributed by atoms with Crippen molar-refractivity contribution < 1.29 is 5.11 Å². The number of nitrogens with one attached hydrogen (secondary N) is 1. The maximum atomic E-state index is 12.8. The second-order valence-corrected chi connectivity index (χ2v) is 6.56. The number of aliphatic hydroxyl groups excluding tert-OH is 1. The monoisotopic (exact) mass is 357 g/mol. The van der Waals surface area contributed by atoms with E-state index in [2.05, 4.69) is 10.3 Å². The molecule has 138 valence electrons. The number of anilines is 1. The number of hydrogen-bond acceptors (Lipinski definition) is 5. The first-order valence-electron chi connectivity index (χ1n) is 8.44. The molecule has 1 atom stereocenters. The van der Waals surface area contributed by atoms with E-state index in [1.165, 1.54) is 11.6 Å². The number of rotatable bonds is 5. The molecule has 1 unspecified atom stereocenters. The van der Waals surface area contributed by atoms with E-state index in [-0.39, 0.29) is 6.54 Å². The molecule has 0 aliphatic carbocycles. The Morgan fingerprint density at radius 2 is 1.88 bits per heavy atom. The Kier molecular flexibility index (Phi) is 4.69. The number of aryl methyl sites for hydroxylation is 2. The summed E-state index contributed by atoms with van der Waals surface area (Å²) in [5.74, 6) is 0.447. The van der Waals surface area contributed by atoms with Crippen molar-refractivity contribution in [1.29, 1.82) is 0 Å². The molecule has 0 saturated heterocycles. The van der Waals surface area contributed by atoms with Gasteiger partial charge in [0.25, 0.3) is 5.56 Å². The van der Waals surface area contributed by atoms with Crippen molar-refractivity contribution in [3.8, 4) is 0 Å². The first-order chi connectivity index (χ1) is 12.3. The Morgan fingerprint density at radius 1 is 1.19 bits per heavy atom. The molecule has 0 bridgehead atoms. The van der Waals surface area contributed by atoms with Crippen LogP contribution in [0.2, 0.25) is 0 Å². The highest BCUT2D eigenvalue weighted by Gasteiger charge is 2.19. The lowest BCUT2D eigenvalue weighted by Crippen LogP contribution is -2.37. The molecule has 2 aromatic heterocycles. The zero-order chi connectivity index (χ0) is 19.0. The zero-order valence-electron chi connectivity index (χ0n) is 15.4. The molecule has 0 saturated carbocycles. The number of aliphatic hydroxyl groups is 1. The smallest absolute Gasteiger partial charge is 0.332 e. The second kappa shape index (κ2) is 6.80. The van der Waals surface area contributed by atoms with E-state index in [4.69, 9.17) is 0 Å². The van der Waals surface area contributed by atoms with Crippen molar-refractivity contribution in [1.82, 2.24) is 18.7 Å². The fraction of sp³-hybridized carbons (Fsp3) is 0.389. The zero-order valence-corrected chi connectivity index (χ0v) is 15.4. The topological polar surface area (TPSA) is 94.1 Å². The average molecular weight is 357 g/mol. The van der Waals surface area contributed by atoms with Crippen LogP contribution in [0.5, 0.6) is 0 Å². The van der Waals surface area contributed by atoms with Crippen molar-refractivity contribution in [3.05, 3.63) is 56.2 Å². The minimum Gasteiger partial charge on any atom is -0.392 e. The van der Waals surface area contributed by atoms with Gasteiger partial charge in [0.15, 0.2) is 11.2 Å². The fourth-order valence-electron chi connectivity index (χ4n) is 2.93. The van der Waals surface area contributed by atoms with Crippen molar-refractivity contribution in [2.75, 3.05) is 11.9 Å². The minimum atomic E-state index is -0.576. The number of benzene rings is 1. The summed E-state index contributed by atoms with van der Waals surface area (Å²) in [5, 5.41) is 12.7. The maximum Gasteiger partial charge on any atom is 0.332 e. The van der Waals surface area contributed by atoms with Crippen molar-refractivity contribution in [3.63, 3.8) is 0 Å². The van der Waals surface area contributed by atoms with E-state index in [0.717, 1.165) is 15.7 Å². The van der Waals surface area contributed by atoms with E-state index in [1.54, 1.807) is 18.5 Å². The van der Waals surface area contributed by atoms with Crippen molar-refractivity contribution >= 4 is 17.1 Å². The summed E-state index contributed by atoms with van der Waals surface area (Å²) in [6, 6.07) is 7.90. The SMILES string of the molecule is Cc1ccccc1Cn1c(NCC(C)O)nc2c1c(=O)n(C)c(=O)n2C. The number of aromatic nitrogens is 4. The van der Waals surface area contributed by atoms with Gasteiger partial charge in [0.2, 0.25) is 5.95 Å². The summed E-state index contributed by atoms with van der Waals surface area (Å²) in [6.07, 6.45) is -0.576. The third kappa shape index (κ3) is 3.03. The van der Waals surface area contributed by atoms with Gasteiger partial charge in [0, 0.05) is 20.6 Å². The summed E-state index contributed by atoms with van der Waals surface area (Å²) >= 11 is 0. The van der Waals surface area contributed by atoms with Gasteiger partial charge in [-0.05, 0) is 25.0 Å². The third-order valence-electron chi connectivity index (χ3n) is 4.49. The van der Waals surface area contributed by atoms with E-state index in [1.807, 2.05) is 31.2 Å². The Hall–Kier alpha value is -2.87. The van der Waals surface area contributed by atoms with Gasteiger partial charge in [-0.3, -0.25) is 18.5 Å². The van der Waals surface area contributed by atoms with Crippen LogP contribution >= 0.6 is 0 Å². The third-order valence-corrected chi connectivity index (χ3v) is 4.49. The summed E-state index contributed by atoms with van der Waals surface area (Å²) < 4.78 is 4.21. The highest BCUT2D eigenvalue weighted by atomic mass is 16.3. The van der Waals surface area contributed by atoms with E-state index < -0.39 is 17.4 Å². The van der Waals surface area contributed by atoms with E-state index in [9.17, 15) is 14.7 Å². The van der Waals surface area contributed by atoms with Crippen LogP contribution in [0.1, 0.15) is 18.1 Å². The summed E-state index contributed by atoms with van der Waals surface area (Å²) in [4.78, 5) is 29.4. The molecular formula is C18H23N5O3. The van der Waals surface area contributed by atoms with Crippen LogP contribution in [0.3, 0.4) is 0 Å². The largest absolute Gasteiger partial charge is 0.392 e. The van der Waals surface area contributed by atoms with Gasteiger partial charge in [-0.15, -0.1) is 0 Å². The van der Waals surface area contributed by atoms with Crippen LogP contribution < -0.4 is 16.6 Å². The Balaban J connectivity index is 2.26. The molecule has 0 fully saturated rings. The second-order valence-electron chi connectivity index (χ2n) is 6.56. The number of nitrogens with zero attached hydrogens (tertiary/aromatic N) is 4. The number of imidazole rings is 1. The van der Waals surface area contributed by atoms with Crippen molar-refractivity contribution in [2.45, 2.75) is 26.5 Å². The van der Waals surface area contributed by atoms with Crippen LogP contribution in [-0.4, -0.2) is 36.4 Å². The van der Waals surface area contributed by atoms with Crippen LogP contribution in [0.25, 0.3) is 11.2 Å². The molecule has 3 aromatic rings. The molecule has 3 rings (SSSR count). The molecule has 0 amide bonds. The lowest BCUT2D eigenvalue weighted by Gasteiger charge is -2.13. The quantitative estimate of drug-likeness (QED) is 0.697. The lowest BCUT2D eigenvalue weighted by atomic mass is 10.1. The summed E-state index contributed by atoms with van der Waals surface area (Å²) in [7, 11) is 3.05. The molecule has 0 radical (unpaired) electrons. The van der Waals surface area contributed by atoms with E-state index in [0.29, 0.717) is 23.7 Å². The Labute approximate surface area is 150 Å². The van der Waals surface area contributed by atoms with Crippen LogP contribution in [0, 0.1) is 6.92 Å². The minimum absolute atomic E-state index is 0.283. The molecule has 8 heteroatoms. The van der Waals surface area contributed by atoms with Gasteiger partial charge >= 0.3 is 5.69 Å². The highest BCUT2D eigenvalue weighted by molar-refractivity contribution is 5.74. The fourth-order valence-corrected chi connectivity index (χ4v) is 2.93. The van der Waals surface area contributed by atoms with Gasteiger partial charge in [-0.25, -0.2) is 4.79 Å². The number of hydrogen-bond donors (Lipinski definition) is 2. The van der Waals surface area contributed by atoms with Crippen LogP contribution in [0.15, 0.2) is 33.9 Å². The molecule has 0 aliphatic heterocycles. The van der Waals surface area contributed by atoms with Crippen molar-refractivity contribution in [2.24, 2.45) is 14.1 Å². The first-order valence-corrected chi connectivity index (χ1v) is 8.44. The van der Waals surface area contributed by atoms with Gasteiger partial charge in [-0.2, -0.15) is 4.98 Å². The van der Waals surface area contributed by atoms with E-state index >= 15 is 0 Å². The maximum absolute atomic E-state index is 12.8. The average Bonchev–Trinajstić information content (AvgIpc) is 2.97. The first kappa shape index (κ1) is 17.9. The van der Waals surface area contributed by atoms with Crippen LogP contribution in [-0.2, 0) is 20.6 Å². The summed E-state index contributed by atoms with van der Waals surface area (Å²) in [5.41, 5.74) is 1.99. The number of fused-ring (bicyclic) bond motifs is 1. The predicted octanol–water partition coefficient (Wildman–Crippen LogP) is 0.583. The molecule has 26 heavy (non-hydrogen) atoms. The molecule has 1 aromatic carbocycles.